The molecule has 1 fully saturated rings. The lowest BCUT2D eigenvalue weighted by molar-refractivity contribution is -0.138. The molecule has 0 aliphatic carbocycles. The van der Waals surface area contributed by atoms with Gasteiger partial charge in [0.15, 0.2) is 0 Å². The van der Waals surface area contributed by atoms with Crippen LogP contribution in [0.2, 0.25) is 0 Å². The zero-order valence-electron chi connectivity index (χ0n) is 11.3. The third-order valence-corrected chi connectivity index (χ3v) is 4.76. The van der Waals surface area contributed by atoms with Crippen molar-refractivity contribution in [3.63, 3.8) is 0 Å². The highest BCUT2D eigenvalue weighted by atomic mass is 127. The van der Waals surface area contributed by atoms with E-state index in [1.165, 1.54) is 4.90 Å². The Morgan fingerprint density at radius 2 is 2.15 bits per heavy atom. The molecular weight excluding hydrogens is 371 g/mol. The summed E-state index contributed by atoms with van der Waals surface area (Å²) < 4.78 is 0.850. The Morgan fingerprint density at radius 3 is 2.80 bits per heavy atom. The molecule has 1 N–H and O–H groups in total. The molecule has 0 radical (unpaired) electrons. The number of amides is 3. The molecule has 6 heteroatoms. The first-order valence-corrected chi connectivity index (χ1v) is 7.43. The summed E-state index contributed by atoms with van der Waals surface area (Å²) in [5.41, 5.74) is 1.53. The van der Waals surface area contributed by atoms with Gasteiger partial charge in [-0.2, -0.15) is 0 Å². The summed E-state index contributed by atoms with van der Waals surface area (Å²) in [5.74, 6) is -1.11. The van der Waals surface area contributed by atoms with Gasteiger partial charge in [-0.15, -0.1) is 0 Å². The Bertz CT molecular complexity index is 586. The molecule has 5 nitrogen and oxygen atoms in total. The number of benzene rings is 1. The largest absolute Gasteiger partial charge is 0.317 e. The van der Waals surface area contributed by atoms with E-state index in [1.807, 2.05) is 19.9 Å². The highest BCUT2D eigenvalue weighted by Gasteiger charge is 2.36. The zero-order valence-corrected chi connectivity index (χ0v) is 13.4. The lowest BCUT2D eigenvalue weighted by atomic mass is 10.1. The second-order valence-corrected chi connectivity index (χ2v) is 5.78. The number of carbonyl (C=O) groups excluding carboxylic acids is 3. The summed E-state index contributed by atoms with van der Waals surface area (Å²) in [7, 11) is 0. The average molecular weight is 386 g/mol. The molecule has 1 aromatic rings. The van der Waals surface area contributed by atoms with E-state index in [9.17, 15) is 14.4 Å². The Balaban J connectivity index is 2.37. The molecular formula is C14H15IN2O3. The molecule has 0 bridgehead atoms. The molecule has 0 saturated carbocycles. The van der Waals surface area contributed by atoms with Crippen molar-refractivity contribution in [3.05, 3.63) is 32.9 Å². The number of hydrogen-bond donors (Lipinski definition) is 1. The van der Waals surface area contributed by atoms with Crippen LogP contribution in [0.25, 0.3) is 0 Å². The van der Waals surface area contributed by atoms with Crippen molar-refractivity contribution in [2.45, 2.75) is 26.3 Å². The maximum absolute atomic E-state index is 12.6. The number of nitrogens with one attached hydrogen (secondary N) is 1. The number of hydrogen-bond acceptors (Lipinski definition) is 3. The maximum Gasteiger partial charge on any atom is 0.256 e. The van der Waals surface area contributed by atoms with Crippen LogP contribution in [0, 0.1) is 10.5 Å². The molecule has 20 heavy (non-hydrogen) atoms. The Morgan fingerprint density at radius 1 is 1.45 bits per heavy atom. The molecule has 1 aliphatic heterocycles. The van der Waals surface area contributed by atoms with Crippen molar-refractivity contribution in [3.8, 4) is 0 Å². The summed E-state index contributed by atoms with van der Waals surface area (Å²) in [6, 6.07) is 4.86. The van der Waals surface area contributed by atoms with Gasteiger partial charge in [-0.1, -0.05) is 19.1 Å². The SMILES string of the molecule is CCC1C(=O)NC(=O)CN1C(=O)c1cccc(C)c1I. The van der Waals surface area contributed by atoms with Gasteiger partial charge in [-0.3, -0.25) is 19.7 Å². The van der Waals surface area contributed by atoms with Crippen LogP contribution in [-0.4, -0.2) is 35.2 Å². The molecule has 3 amide bonds. The molecule has 1 unspecified atom stereocenters. The van der Waals surface area contributed by atoms with Crippen molar-refractivity contribution >= 4 is 40.3 Å². The minimum atomic E-state index is -0.587. The Labute approximate surface area is 130 Å². The van der Waals surface area contributed by atoms with Crippen molar-refractivity contribution < 1.29 is 14.4 Å². The van der Waals surface area contributed by atoms with E-state index in [0.29, 0.717) is 12.0 Å². The van der Waals surface area contributed by atoms with Gasteiger partial charge < -0.3 is 4.90 Å². The van der Waals surface area contributed by atoms with E-state index in [0.717, 1.165) is 9.13 Å². The van der Waals surface area contributed by atoms with Crippen LogP contribution in [0.15, 0.2) is 18.2 Å². The fourth-order valence-corrected chi connectivity index (χ4v) is 2.84. The third-order valence-electron chi connectivity index (χ3n) is 3.33. The number of nitrogens with zero attached hydrogens (tertiary/aromatic N) is 1. The highest BCUT2D eigenvalue weighted by molar-refractivity contribution is 14.1. The van der Waals surface area contributed by atoms with Crippen molar-refractivity contribution in [2.75, 3.05) is 6.54 Å². The Hall–Kier alpha value is -1.44. The van der Waals surface area contributed by atoms with Crippen molar-refractivity contribution in [2.24, 2.45) is 0 Å². The van der Waals surface area contributed by atoms with Gasteiger partial charge in [0.2, 0.25) is 11.8 Å². The minimum absolute atomic E-state index is 0.0763. The molecule has 2 rings (SSSR count). The standard InChI is InChI=1S/C14H15IN2O3/c1-3-10-13(19)16-11(18)7-17(10)14(20)9-6-4-5-8(2)12(9)15/h4-6,10H,3,7H2,1-2H3,(H,16,18,19). The minimum Gasteiger partial charge on any atom is -0.317 e. The van der Waals surface area contributed by atoms with Gasteiger partial charge in [0, 0.05) is 3.57 Å². The number of piperazine rings is 1. The van der Waals surface area contributed by atoms with Crippen LogP contribution in [0.3, 0.4) is 0 Å². The molecule has 0 aromatic heterocycles. The van der Waals surface area contributed by atoms with E-state index in [-0.39, 0.29) is 12.5 Å². The number of rotatable bonds is 2. The molecule has 106 valence electrons. The van der Waals surface area contributed by atoms with Gasteiger partial charge in [0.1, 0.15) is 12.6 Å². The number of halogens is 1. The highest BCUT2D eigenvalue weighted by Crippen LogP contribution is 2.21. The predicted molar refractivity (Wildman–Crippen MR) is 82.2 cm³/mol. The quantitative estimate of drug-likeness (QED) is 0.619. The van der Waals surface area contributed by atoms with Crippen LogP contribution in [0.5, 0.6) is 0 Å². The average Bonchev–Trinajstić information content (AvgIpc) is 2.40. The zero-order chi connectivity index (χ0) is 14.9. The second-order valence-electron chi connectivity index (χ2n) is 4.71. The topological polar surface area (TPSA) is 66.5 Å². The fraction of sp³-hybridized carbons (Fsp3) is 0.357. The van der Waals surface area contributed by atoms with E-state index in [2.05, 4.69) is 27.9 Å². The first kappa shape index (κ1) is 15.0. The molecule has 1 saturated heterocycles. The summed E-state index contributed by atoms with van der Waals surface area (Å²) in [6.07, 6.45) is 0.479. The first-order valence-electron chi connectivity index (χ1n) is 6.35. The first-order chi connectivity index (χ1) is 9.45. The molecule has 0 spiro atoms. The third kappa shape index (κ3) is 2.70. The van der Waals surface area contributed by atoms with Crippen molar-refractivity contribution in [1.82, 2.24) is 10.2 Å². The summed E-state index contributed by atoms with van der Waals surface area (Å²) in [4.78, 5) is 37.3. The predicted octanol–water partition coefficient (Wildman–Crippen LogP) is 1.48. The van der Waals surface area contributed by atoms with Crippen LogP contribution in [0.4, 0.5) is 0 Å². The lowest BCUT2D eigenvalue weighted by Gasteiger charge is -2.33. The van der Waals surface area contributed by atoms with E-state index in [4.69, 9.17) is 0 Å². The van der Waals surface area contributed by atoms with Crippen LogP contribution in [-0.2, 0) is 9.59 Å². The molecule has 1 atom stereocenters. The molecule has 1 aromatic carbocycles. The smallest absolute Gasteiger partial charge is 0.256 e. The summed E-state index contributed by atoms with van der Waals surface area (Å²) in [5, 5.41) is 2.27. The van der Waals surface area contributed by atoms with Gasteiger partial charge in [0.25, 0.3) is 5.91 Å². The van der Waals surface area contributed by atoms with Gasteiger partial charge in [-0.25, -0.2) is 0 Å². The second kappa shape index (κ2) is 5.90. The van der Waals surface area contributed by atoms with Gasteiger partial charge in [-0.05, 0) is 47.6 Å². The van der Waals surface area contributed by atoms with Crippen LogP contribution in [0.1, 0.15) is 29.3 Å². The summed E-state index contributed by atoms with van der Waals surface area (Å²) >= 11 is 2.11. The monoisotopic (exact) mass is 386 g/mol. The number of aryl methyl sites for hydroxylation is 1. The maximum atomic E-state index is 12.6. The van der Waals surface area contributed by atoms with Gasteiger partial charge in [0.05, 0.1) is 5.56 Å². The van der Waals surface area contributed by atoms with Crippen LogP contribution >= 0.6 is 22.6 Å². The normalized spacial score (nSPS) is 18.9. The lowest BCUT2D eigenvalue weighted by Crippen LogP contribution is -2.59. The van der Waals surface area contributed by atoms with E-state index >= 15 is 0 Å². The number of imide groups is 1. The molecule has 1 heterocycles. The van der Waals surface area contributed by atoms with Crippen molar-refractivity contribution in [1.29, 1.82) is 0 Å². The molecule has 1 aliphatic rings. The van der Waals surface area contributed by atoms with E-state index in [1.54, 1.807) is 12.1 Å². The van der Waals surface area contributed by atoms with Crippen LogP contribution < -0.4 is 5.32 Å². The Kier molecular flexibility index (Phi) is 4.42. The summed E-state index contributed by atoms with van der Waals surface area (Å²) in [6.45, 7) is 3.67. The van der Waals surface area contributed by atoms with Gasteiger partial charge >= 0.3 is 0 Å². The number of carbonyl (C=O) groups is 3. The van der Waals surface area contributed by atoms with E-state index < -0.39 is 17.9 Å². The fourth-order valence-electron chi connectivity index (χ4n) is 2.25.